The van der Waals surface area contributed by atoms with Crippen molar-refractivity contribution in [3.05, 3.63) is 36.5 Å². The number of ether oxygens (including phenoxy) is 3. The van der Waals surface area contributed by atoms with Crippen LogP contribution in [0.2, 0.25) is 0 Å². The second-order valence-electron chi connectivity index (χ2n) is 23.1. The van der Waals surface area contributed by atoms with Crippen LogP contribution in [0.4, 0.5) is 0 Å². The largest absolute Gasteiger partial charge is 0.462 e. The van der Waals surface area contributed by atoms with Crippen molar-refractivity contribution in [2.45, 2.75) is 380 Å². The molecule has 1 atom stereocenters. The van der Waals surface area contributed by atoms with Crippen LogP contribution in [-0.4, -0.2) is 37.2 Å². The van der Waals surface area contributed by atoms with Gasteiger partial charge in [0.1, 0.15) is 13.2 Å². The third-order valence-corrected chi connectivity index (χ3v) is 15.4. The Hall–Kier alpha value is -2.37. The minimum atomic E-state index is -0.779. The van der Waals surface area contributed by atoms with Gasteiger partial charge in [0, 0.05) is 19.3 Å². The Balaban J connectivity index is 4.21. The van der Waals surface area contributed by atoms with Gasteiger partial charge in [0.2, 0.25) is 0 Å². The number of hydrogen-bond acceptors (Lipinski definition) is 6. The van der Waals surface area contributed by atoms with Crippen LogP contribution < -0.4 is 0 Å². The molecule has 0 spiro atoms. The van der Waals surface area contributed by atoms with E-state index in [0.29, 0.717) is 19.3 Å². The molecular formula is C70H130O6. The maximum atomic E-state index is 12.9. The summed E-state index contributed by atoms with van der Waals surface area (Å²) in [5, 5.41) is 0. The van der Waals surface area contributed by atoms with Gasteiger partial charge >= 0.3 is 17.9 Å². The monoisotopic (exact) mass is 1070 g/mol. The van der Waals surface area contributed by atoms with Crippen LogP contribution in [0.15, 0.2) is 36.5 Å². The first-order valence-corrected chi connectivity index (χ1v) is 34.0. The van der Waals surface area contributed by atoms with Crippen LogP contribution in [0.5, 0.6) is 0 Å². The lowest BCUT2D eigenvalue weighted by Crippen LogP contribution is -2.30. The normalized spacial score (nSPS) is 12.2. The van der Waals surface area contributed by atoms with E-state index in [-0.39, 0.29) is 31.1 Å². The van der Waals surface area contributed by atoms with Crippen LogP contribution >= 0.6 is 0 Å². The van der Waals surface area contributed by atoms with E-state index in [0.717, 1.165) is 77.0 Å². The summed E-state index contributed by atoms with van der Waals surface area (Å²) in [5.41, 5.74) is 0. The Kier molecular flexibility index (Phi) is 63.1. The Morgan fingerprint density at radius 2 is 0.487 bits per heavy atom. The molecule has 0 aliphatic carbocycles. The summed E-state index contributed by atoms with van der Waals surface area (Å²) >= 11 is 0. The van der Waals surface area contributed by atoms with Gasteiger partial charge in [-0.05, 0) is 70.6 Å². The minimum absolute atomic E-state index is 0.0742. The molecule has 0 saturated carbocycles. The molecule has 0 heterocycles. The third-order valence-electron chi connectivity index (χ3n) is 15.4. The molecule has 0 aliphatic heterocycles. The number of rotatable bonds is 63. The molecule has 6 nitrogen and oxygen atoms in total. The zero-order valence-electron chi connectivity index (χ0n) is 51.3. The van der Waals surface area contributed by atoms with E-state index in [9.17, 15) is 14.4 Å². The highest BCUT2D eigenvalue weighted by Crippen LogP contribution is 2.18. The van der Waals surface area contributed by atoms with Gasteiger partial charge in [-0.3, -0.25) is 14.4 Å². The molecule has 76 heavy (non-hydrogen) atoms. The second kappa shape index (κ2) is 65.2. The zero-order valence-corrected chi connectivity index (χ0v) is 51.3. The lowest BCUT2D eigenvalue weighted by molar-refractivity contribution is -0.167. The number of carbonyl (C=O) groups excluding carboxylic acids is 3. The summed E-state index contributed by atoms with van der Waals surface area (Å²) in [6.45, 7) is 6.65. The van der Waals surface area contributed by atoms with E-state index < -0.39 is 6.10 Å². The first-order valence-electron chi connectivity index (χ1n) is 34.0. The summed E-state index contributed by atoms with van der Waals surface area (Å²) in [4.78, 5) is 38.3. The molecule has 0 bridgehead atoms. The van der Waals surface area contributed by atoms with Crippen molar-refractivity contribution in [1.82, 2.24) is 0 Å². The molecule has 0 fully saturated rings. The van der Waals surface area contributed by atoms with Gasteiger partial charge in [0.05, 0.1) is 0 Å². The number of unbranched alkanes of at least 4 members (excludes halogenated alkanes) is 46. The summed E-state index contributed by atoms with van der Waals surface area (Å²) < 4.78 is 16.9. The van der Waals surface area contributed by atoms with E-state index in [1.54, 1.807) is 0 Å². The average Bonchev–Trinajstić information content (AvgIpc) is 3.42. The first-order chi connectivity index (χ1) is 37.5. The Labute approximate surface area is 474 Å². The van der Waals surface area contributed by atoms with Crippen molar-refractivity contribution in [2.24, 2.45) is 0 Å². The van der Waals surface area contributed by atoms with Crippen molar-refractivity contribution in [3.63, 3.8) is 0 Å². The predicted molar refractivity (Wildman–Crippen MR) is 330 cm³/mol. The van der Waals surface area contributed by atoms with Crippen molar-refractivity contribution < 1.29 is 28.6 Å². The summed E-state index contributed by atoms with van der Waals surface area (Å²) in [7, 11) is 0. The van der Waals surface area contributed by atoms with Crippen molar-refractivity contribution >= 4 is 17.9 Å². The average molecular weight is 1070 g/mol. The minimum Gasteiger partial charge on any atom is -0.462 e. The molecule has 446 valence electrons. The second-order valence-corrected chi connectivity index (χ2v) is 23.1. The molecule has 0 aliphatic rings. The van der Waals surface area contributed by atoms with E-state index >= 15 is 0 Å². The number of allylic oxidation sites excluding steroid dienone is 6. The van der Waals surface area contributed by atoms with Gasteiger partial charge in [-0.2, -0.15) is 0 Å². The van der Waals surface area contributed by atoms with Gasteiger partial charge in [-0.1, -0.05) is 320 Å². The Bertz CT molecular complexity index is 1270. The van der Waals surface area contributed by atoms with E-state index in [4.69, 9.17) is 14.2 Å². The first kappa shape index (κ1) is 73.6. The van der Waals surface area contributed by atoms with Crippen LogP contribution in [0.1, 0.15) is 374 Å². The van der Waals surface area contributed by atoms with Crippen LogP contribution in [0.3, 0.4) is 0 Å². The molecule has 0 aromatic rings. The molecular weight excluding hydrogens is 937 g/mol. The quantitative estimate of drug-likeness (QED) is 0.0261. The standard InChI is InChI=1S/C70H130O6/c1-4-7-10-13-16-19-22-25-28-30-31-32-33-34-35-36-37-38-39-41-42-45-48-51-54-57-60-63-69(72)75-66-67(65-74-68(71)62-59-56-53-50-47-44-27-24-21-18-15-12-9-6-3)76-70(73)64-61-58-55-52-49-46-43-40-29-26-23-20-17-14-11-8-5-2/h15,18,24,26-27,29,67H,4-14,16-17,19-23,25,28,30-66H2,1-3H3/b18-15-,27-24-,29-26-. The van der Waals surface area contributed by atoms with Crippen LogP contribution in [0, 0.1) is 0 Å². The number of hydrogen-bond donors (Lipinski definition) is 0. The van der Waals surface area contributed by atoms with Crippen molar-refractivity contribution in [1.29, 1.82) is 0 Å². The van der Waals surface area contributed by atoms with Crippen LogP contribution in [-0.2, 0) is 28.6 Å². The van der Waals surface area contributed by atoms with E-state index in [1.165, 1.54) is 257 Å². The molecule has 0 radical (unpaired) electrons. The fourth-order valence-corrected chi connectivity index (χ4v) is 10.2. The van der Waals surface area contributed by atoms with Gasteiger partial charge in [0.15, 0.2) is 6.10 Å². The highest BCUT2D eigenvalue weighted by molar-refractivity contribution is 5.71. The fraction of sp³-hybridized carbons (Fsp3) is 0.871. The van der Waals surface area contributed by atoms with Gasteiger partial charge < -0.3 is 14.2 Å². The summed E-state index contributed by atoms with van der Waals surface area (Å²) in [6.07, 6.45) is 80.3. The topological polar surface area (TPSA) is 78.9 Å². The van der Waals surface area contributed by atoms with Gasteiger partial charge in [-0.15, -0.1) is 0 Å². The van der Waals surface area contributed by atoms with Crippen molar-refractivity contribution in [2.75, 3.05) is 13.2 Å². The maximum Gasteiger partial charge on any atom is 0.306 e. The Morgan fingerprint density at radius 3 is 0.776 bits per heavy atom. The Morgan fingerprint density at radius 1 is 0.263 bits per heavy atom. The smallest absolute Gasteiger partial charge is 0.306 e. The molecule has 1 unspecified atom stereocenters. The summed E-state index contributed by atoms with van der Waals surface area (Å²) in [6, 6.07) is 0. The van der Waals surface area contributed by atoms with Gasteiger partial charge in [0.25, 0.3) is 0 Å². The zero-order chi connectivity index (χ0) is 55.0. The number of carbonyl (C=O) groups is 3. The number of esters is 3. The molecule has 0 amide bonds. The van der Waals surface area contributed by atoms with Gasteiger partial charge in [-0.25, -0.2) is 0 Å². The predicted octanol–water partition coefficient (Wildman–Crippen LogP) is 23.2. The highest BCUT2D eigenvalue weighted by Gasteiger charge is 2.19. The molecule has 0 rings (SSSR count). The van der Waals surface area contributed by atoms with E-state index in [2.05, 4.69) is 57.2 Å². The molecule has 6 heteroatoms. The van der Waals surface area contributed by atoms with Crippen LogP contribution in [0.25, 0.3) is 0 Å². The third kappa shape index (κ3) is 62.5. The van der Waals surface area contributed by atoms with Crippen molar-refractivity contribution in [3.8, 4) is 0 Å². The molecule has 0 aromatic carbocycles. The molecule has 0 N–H and O–H groups in total. The summed E-state index contributed by atoms with van der Waals surface area (Å²) in [5.74, 6) is -0.869. The maximum absolute atomic E-state index is 12.9. The SMILES string of the molecule is CCCC/C=C\C/C=C\CCCCCCCC(=O)OCC(COC(=O)CCCCCCCCCCCCCCCCCCCCCCCCCCCCC)OC(=O)CCCCCCCCC/C=C\CCCCCCCC. The lowest BCUT2D eigenvalue weighted by Gasteiger charge is -2.18. The highest BCUT2D eigenvalue weighted by atomic mass is 16.6. The molecule has 0 aromatic heterocycles. The lowest BCUT2D eigenvalue weighted by atomic mass is 10.0. The van der Waals surface area contributed by atoms with E-state index in [1.807, 2.05) is 0 Å². The molecule has 0 saturated heterocycles. The fourth-order valence-electron chi connectivity index (χ4n) is 10.2.